The number of anilines is 2. The normalized spacial score (nSPS) is 19.9. The Balaban J connectivity index is 1.47. The Hall–Kier alpha value is -3.60. The fourth-order valence-corrected chi connectivity index (χ4v) is 5.28. The Kier molecular flexibility index (Phi) is 7.82. The number of ether oxygens (including phenoxy) is 2. The van der Waals surface area contributed by atoms with Crippen LogP contribution in [-0.4, -0.2) is 66.5 Å². The lowest BCUT2D eigenvalue weighted by atomic mass is 9.91. The lowest BCUT2D eigenvalue weighted by Gasteiger charge is -2.30. The van der Waals surface area contributed by atoms with E-state index in [0.29, 0.717) is 24.6 Å². The number of aliphatic hydroxyl groups is 1. The summed E-state index contributed by atoms with van der Waals surface area (Å²) in [4.78, 5) is 23.9. The summed E-state index contributed by atoms with van der Waals surface area (Å²) in [7, 11) is 1.43. The van der Waals surface area contributed by atoms with Gasteiger partial charge in [0.2, 0.25) is 0 Å². The molecule has 1 aromatic heterocycles. The lowest BCUT2D eigenvalue weighted by Crippen LogP contribution is -2.34. The van der Waals surface area contributed by atoms with Gasteiger partial charge < -0.3 is 30.5 Å². The highest BCUT2D eigenvalue weighted by atomic mass is 19.1. The molecule has 10 heteroatoms. The van der Waals surface area contributed by atoms with Crippen molar-refractivity contribution in [3.8, 4) is 17.1 Å². The molecule has 4 N–H and O–H groups in total. The number of nitrogens with one attached hydrogen (secondary N) is 1. The maximum atomic E-state index is 14.6. The zero-order valence-electron chi connectivity index (χ0n) is 21.3. The van der Waals surface area contributed by atoms with Crippen molar-refractivity contribution in [3.63, 3.8) is 0 Å². The van der Waals surface area contributed by atoms with Crippen LogP contribution >= 0.6 is 0 Å². The molecular weight excluding hydrogens is 489 g/mol. The molecule has 5 rings (SSSR count). The molecule has 3 heterocycles. The molecule has 2 aromatic carbocycles. The Morgan fingerprint density at radius 1 is 1.26 bits per heavy atom. The monoisotopic (exact) mass is 521 g/mol. The van der Waals surface area contributed by atoms with Gasteiger partial charge in [-0.1, -0.05) is 12.1 Å². The third-order valence-corrected chi connectivity index (χ3v) is 7.24. The summed E-state index contributed by atoms with van der Waals surface area (Å²) >= 11 is 0. The predicted octanol–water partition coefficient (Wildman–Crippen LogP) is 3.34. The minimum atomic E-state index is -0.548. The van der Waals surface area contributed by atoms with Crippen molar-refractivity contribution in [1.82, 2.24) is 9.97 Å². The van der Waals surface area contributed by atoms with E-state index in [1.54, 1.807) is 6.07 Å². The number of benzene rings is 2. The summed E-state index contributed by atoms with van der Waals surface area (Å²) in [6, 6.07) is 11.7. The number of hydrogen-bond acceptors (Lipinski definition) is 8. The van der Waals surface area contributed by atoms with E-state index in [2.05, 4.69) is 26.3 Å². The second-order valence-corrected chi connectivity index (χ2v) is 9.68. The van der Waals surface area contributed by atoms with Crippen molar-refractivity contribution in [1.29, 1.82) is 0 Å². The molecule has 1 amide bonds. The van der Waals surface area contributed by atoms with E-state index in [1.807, 2.05) is 12.1 Å². The van der Waals surface area contributed by atoms with E-state index in [9.17, 15) is 14.3 Å². The maximum absolute atomic E-state index is 14.6. The van der Waals surface area contributed by atoms with E-state index < -0.39 is 11.7 Å². The van der Waals surface area contributed by atoms with E-state index in [1.165, 1.54) is 31.5 Å². The molecule has 3 aromatic rings. The summed E-state index contributed by atoms with van der Waals surface area (Å²) in [5.74, 6) is -0.333. The molecule has 9 nitrogen and oxygen atoms in total. The van der Waals surface area contributed by atoms with Crippen LogP contribution in [0.15, 0.2) is 48.7 Å². The Labute approximate surface area is 220 Å². The first-order valence-corrected chi connectivity index (χ1v) is 12.8. The van der Waals surface area contributed by atoms with Crippen molar-refractivity contribution in [2.75, 3.05) is 43.7 Å². The number of hydrogen-bond donors (Lipinski definition) is 3. The standard InChI is InChI=1S/C28H32FN5O4/c1-37-25-4-2-3-21(29)26(25)27-31-10-7-23(32-27)28(36)33-22-6-5-18(17-8-11-38-12-9-17)13-24(22)34-15-19(30)14-20(34)16-35/h2-7,10,13,17,19-20,35H,8-9,11-12,14-16,30H2,1H3,(H,33,36). The summed E-state index contributed by atoms with van der Waals surface area (Å²) in [6.07, 6.45) is 3.93. The number of nitrogens with zero attached hydrogens (tertiary/aromatic N) is 3. The average molecular weight is 522 g/mol. The number of halogens is 1. The molecule has 0 spiro atoms. The Morgan fingerprint density at radius 3 is 2.84 bits per heavy atom. The maximum Gasteiger partial charge on any atom is 0.274 e. The number of aliphatic hydroxyl groups excluding tert-OH is 1. The molecule has 0 aliphatic carbocycles. The third kappa shape index (κ3) is 5.33. The molecule has 2 aliphatic rings. The van der Waals surface area contributed by atoms with E-state index in [0.717, 1.165) is 37.3 Å². The molecule has 2 aliphatic heterocycles. The van der Waals surface area contributed by atoms with Gasteiger partial charge in [-0.3, -0.25) is 4.79 Å². The molecule has 38 heavy (non-hydrogen) atoms. The average Bonchev–Trinajstić information content (AvgIpc) is 3.34. The van der Waals surface area contributed by atoms with Crippen LogP contribution in [0, 0.1) is 5.82 Å². The first-order valence-electron chi connectivity index (χ1n) is 12.8. The Morgan fingerprint density at radius 2 is 2.08 bits per heavy atom. The van der Waals surface area contributed by atoms with Gasteiger partial charge in [0.15, 0.2) is 5.82 Å². The summed E-state index contributed by atoms with van der Waals surface area (Å²) < 4.78 is 25.4. The van der Waals surface area contributed by atoms with Gasteiger partial charge in [0.25, 0.3) is 5.91 Å². The first-order chi connectivity index (χ1) is 18.5. The van der Waals surface area contributed by atoms with Gasteiger partial charge in [0.1, 0.15) is 17.3 Å². The van der Waals surface area contributed by atoms with Crippen molar-refractivity contribution in [2.24, 2.45) is 5.73 Å². The summed E-state index contributed by atoms with van der Waals surface area (Å²) in [5.41, 5.74) is 8.96. The van der Waals surface area contributed by atoms with E-state index in [-0.39, 0.29) is 41.5 Å². The fourth-order valence-electron chi connectivity index (χ4n) is 5.28. The van der Waals surface area contributed by atoms with Crippen LogP contribution in [0.2, 0.25) is 0 Å². The van der Waals surface area contributed by atoms with E-state index >= 15 is 0 Å². The number of nitrogens with two attached hydrogens (primary N) is 1. The van der Waals surface area contributed by atoms with Crippen LogP contribution in [0.4, 0.5) is 15.8 Å². The van der Waals surface area contributed by atoms with Crippen molar-refractivity contribution >= 4 is 17.3 Å². The first kappa shape index (κ1) is 26.0. The molecular formula is C28H32FN5O4. The molecule has 2 saturated heterocycles. The highest BCUT2D eigenvalue weighted by Crippen LogP contribution is 2.37. The van der Waals surface area contributed by atoms with Crippen LogP contribution in [-0.2, 0) is 4.74 Å². The van der Waals surface area contributed by atoms with Gasteiger partial charge in [0.05, 0.1) is 36.7 Å². The molecule has 0 bridgehead atoms. The van der Waals surface area contributed by atoms with Gasteiger partial charge in [-0.25, -0.2) is 14.4 Å². The number of rotatable bonds is 7. The number of methoxy groups -OCH3 is 1. The van der Waals surface area contributed by atoms with Gasteiger partial charge in [-0.05, 0) is 61.1 Å². The highest BCUT2D eigenvalue weighted by Gasteiger charge is 2.32. The number of carbonyl (C=O) groups excluding carboxylic acids is 1. The van der Waals surface area contributed by atoms with Crippen molar-refractivity contribution < 1.29 is 23.8 Å². The SMILES string of the molecule is COc1cccc(F)c1-c1nccc(C(=O)Nc2ccc(C3CCOCC3)cc2N2CC(N)CC2CO)n1. The predicted molar refractivity (Wildman–Crippen MR) is 142 cm³/mol. The van der Waals surface area contributed by atoms with Crippen LogP contribution in [0.1, 0.15) is 41.2 Å². The minimum absolute atomic E-state index is 0.0394. The molecule has 2 unspecified atom stereocenters. The van der Waals surface area contributed by atoms with E-state index in [4.69, 9.17) is 15.2 Å². The lowest BCUT2D eigenvalue weighted by molar-refractivity contribution is 0.0853. The fraction of sp³-hybridized carbons (Fsp3) is 0.393. The molecule has 200 valence electrons. The van der Waals surface area contributed by atoms with Gasteiger partial charge >= 0.3 is 0 Å². The van der Waals surface area contributed by atoms with Gasteiger partial charge in [-0.15, -0.1) is 0 Å². The molecule has 0 radical (unpaired) electrons. The largest absolute Gasteiger partial charge is 0.496 e. The van der Waals surface area contributed by atoms with Crippen molar-refractivity contribution in [3.05, 3.63) is 65.7 Å². The topological polar surface area (TPSA) is 123 Å². The molecule has 2 atom stereocenters. The summed E-state index contributed by atoms with van der Waals surface area (Å²) in [6.45, 7) is 1.96. The van der Waals surface area contributed by atoms with Crippen LogP contribution in [0.3, 0.4) is 0 Å². The molecule has 2 fully saturated rings. The second-order valence-electron chi connectivity index (χ2n) is 9.68. The van der Waals surface area contributed by atoms with Crippen molar-refractivity contribution in [2.45, 2.75) is 37.3 Å². The number of carbonyl (C=O) groups is 1. The third-order valence-electron chi connectivity index (χ3n) is 7.24. The number of amides is 1. The number of aromatic nitrogens is 2. The zero-order chi connectivity index (χ0) is 26.6. The quantitative estimate of drug-likeness (QED) is 0.433. The van der Waals surface area contributed by atoms with Crippen LogP contribution < -0.4 is 20.7 Å². The smallest absolute Gasteiger partial charge is 0.274 e. The van der Waals surface area contributed by atoms with Crippen LogP contribution in [0.25, 0.3) is 11.4 Å². The van der Waals surface area contributed by atoms with Gasteiger partial charge in [0, 0.05) is 32.0 Å². The summed E-state index contributed by atoms with van der Waals surface area (Å²) in [5, 5.41) is 13.0. The molecule has 0 saturated carbocycles. The van der Waals surface area contributed by atoms with Gasteiger partial charge in [-0.2, -0.15) is 0 Å². The minimum Gasteiger partial charge on any atom is -0.496 e. The van der Waals surface area contributed by atoms with Crippen LogP contribution in [0.5, 0.6) is 5.75 Å². The highest BCUT2D eigenvalue weighted by molar-refractivity contribution is 6.05. The zero-order valence-corrected chi connectivity index (χ0v) is 21.3. The Bertz CT molecular complexity index is 1300. The second kappa shape index (κ2) is 11.4.